The van der Waals surface area contributed by atoms with E-state index in [1.165, 1.54) is 0 Å². The van der Waals surface area contributed by atoms with E-state index in [0.717, 1.165) is 5.56 Å². The second-order valence-corrected chi connectivity index (χ2v) is 4.67. The Hall–Kier alpha value is -1.91. The van der Waals surface area contributed by atoms with Crippen molar-refractivity contribution < 1.29 is 14.7 Å². The Bertz CT molecular complexity index is 468. The molecule has 5 nitrogen and oxygen atoms in total. The Labute approximate surface area is 113 Å². The summed E-state index contributed by atoms with van der Waals surface area (Å²) in [6.45, 7) is 5.57. The molecule has 5 heteroatoms. The Kier molecular flexibility index (Phi) is 5.03. The molecule has 104 valence electrons. The molecule has 0 saturated carbocycles. The highest BCUT2D eigenvalue weighted by Crippen LogP contribution is 2.25. The number of aryl methyl sites for hydroxylation is 1. The van der Waals surface area contributed by atoms with Crippen molar-refractivity contribution in [2.24, 2.45) is 5.41 Å². The van der Waals surface area contributed by atoms with E-state index in [1.54, 1.807) is 25.4 Å². The van der Waals surface area contributed by atoms with Gasteiger partial charge in [-0.2, -0.15) is 0 Å². The van der Waals surface area contributed by atoms with Crippen LogP contribution >= 0.6 is 0 Å². The molecule has 1 heterocycles. The number of carboxylic acids is 1. The van der Waals surface area contributed by atoms with E-state index in [2.05, 4.69) is 10.3 Å². The minimum Gasteiger partial charge on any atom is -0.481 e. The first-order valence-electron chi connectivity index (χ1n) is 6.39. The first-order valence-corrected chi connectivity index (χ1v) is 6.39. The van der Waals surface area contributed by atoms with E-state index in [9.17, 15) is 14.7 Å². The van der Waals surface area contributed by atoms with Crippen molar-refractivity contribution in [1.82, 2.24) is 10.3 Å². The van der Waals surface area contributed by atoms with Crippen molar-refractivity contribution in [2.45, 2.75) is 33.6 Å². The quantitative estimate of drug-likeness (QED) is 0.823. The summed E-state index contributed by atoms with van der Waals surface area (Å²) in [5.41, 5.74) is 0.409. The molecular weight excluding hydrogens is 244 g/mol. The molecule has 0 aliphatic carbocycles. The first kappa shape index (κ1) is 15.1. The number of nitrogens with zero attached hydrogens (tertiary/aromatic N) is 1. The SMILES string of the molecule is CCC(CC)(CNC(=O)c1ccncc1C)C(=O)O. The highest BCUT2D eigenvalue weighted by molar-refractivity contribution is 5.95. The van der Waals surface area contributed by atoms with Crippen molar-refractivity contribution >= 4 is 11.9 Å². The molecule has 1 aromatic rings. The van der Waals surface area contributed by atoms with Gasteiger partial charge in [0.15, 0.2) is 0 Å². The van der Waals surface area contributed by atoms with Crippen molar-refractivity contribution in [3.8, 4) is 0 Å². The number of nitrogens with one attached hydrogen (secondary N) is 1. The zero-order valence-corrected chi connectivity index (χ0v) is 11.6. The largest absolute Gasteiger partial charge is 0.481 e. The molecule has 0 bridgehead atoms. The fraction of sp³-hybridized carbons (Fsp3) is 0.500. The first-order chi connectivity index (χ1) is 8.96. The van der Waals surface area contributed by atoms with E-state index in [-0.39, 0.29) is 12.5 Å². The number of hydrogen-bond donors (Lipinski definition) is 2. The number of hydrogen-bond acceptors (Lipinski definition) is 3. The molecule has 0 saturated heterocycles. The van der Waals surface area contributed by atoms with Gasteiger partial charge in [0.1, 0.15) is 0 Å². The van der Waals surface area contributed by atoms with Gasteiger partial charge < -0.3 is 10.4 Å². The zero-order chi connectivity index (χ0) is 14.5. The number of carbonyl (C=O) groups is 2. The van der Waals surface area contributed by atoms with Crippen LogP contribution in [0.5, 0.6) is 0 Å². The summed E-state index contributed by atoms with van der Waals surface area (Å²) >= 11 is 0. The molecule has 19 heavy (non-hydrogen) atoms. The zero-order valence-electron chi connectivity index (χ0n) is 11.6. The van der Waals surface area contributed by atoms with Crippen molar-refractivity contribution in [1.29, 1.82) is 0 Å². The van der Waals surface area contributed by atoms with Gasteiger partial charge in [-0.25, -0.2) is 0 Å². The van der Waals surface area contributed by atoms with Crippen molar-refractivity contribution in [3.05, 3.63) is 29.6 Å². The third kappa shape index (κ3) is 3.30. The molecular formula is C14H20N2O3. The van der Waals surface area contributed by atoms with Gasteiger partial charge in [-0.15, -0.1) is 0 Å². The topological polar surface area (TPSA) is 79.3 Å². The standard InChI is InChI=1S/C14H20N2O3/c1-4-14(5-2,13(18)19)9-16-12(17)11-6-7-15-8-10(11)3/h6-8H,4-5,9H2,1-3H3,(H,16,17)(H,18,19). The number of rotatable bonds is 6. The van der Waals surface area contributed by atoms with E-state index in [4.69, 9.17) is 0 Å². The monoisotopic (exact) mass is 264 g/mol. The van der Waals surface area contributed by atoms with Crippen LogP contribution in [-0.4, -0.2) is 28.5 Å². The fourth-order valence-corrected chi connectivity index (χ4v) is 1.95. The Morgan fingerprint density at radius 1 is 1.37 bits per heavy atom. The van der Waals surface area contributed by atoms with Gasteiger partial charge in [0.25, 0.3) is 5.91 Å². The summed E-state index contributed by atoms with van der Waals surface area (Å²) in [7, 11) is 0. The number of aromatic nitrogens is 1. The summed E-state index contributed by atoms with van der Waals surface area (Å²) < 4.78 is 0. The molecule has 1 aromatic heterocycles. The van der Waals surface area contributed by atoms with Crippen LogP contribution in [0.25, 0.3) is 0 Å². The van der Waals surface area contributed by atoms with Gasteiger partial charge >= 0.3 is 5.97 Å². The number of pyridine rings is 1. The average Bonchev–Trinajstić information content (AvgIpc) is 2.40. The Morgan fingerprint density at radius 3 is 2.47 bits per heavy atom. The van der Waals surface area contributed by atoms with E-state index in [1.807, 2.05) is 13.8 Å². The maximum Gasteiger partial charge on any atom is 0.311 e. The summed E-state index contributed by atoms with van der Waals surface area (Å²) in [5, 5.41) is 12.0. The molecule has 0 spiro atoms. The molecule has 0 aliphatic rings. The number of amides is 1. The minimum absolute atomic E-state index is 0.135. The van der Waals surface area contributed by atoms with Gasteiger partial charge in [0.2, 0.25) is 0 Å². The highest BCUT2D eigenvalue weighted by atomic mass is 16.4. The smallest absolute Gasteiger partial charge is 0.311 e. The lowest BCUT2D eigenvalue weighted by atomic mass is 9.82. The van der Waals surface area contributed by atoms with Gasteiger partial charge in [-0.3, -0.25) is 14.6 Å². The lowest BCUT2D eigenvalue weighted by molar-refractivity contribution is -0.149. The molecule has 0 aromatic carbocycles. The number of carbonyl (C=O) groups excluding carboxylic acids is 1. The summed E-state index contributed by atoms with van der Waals surface area (Å²) in [6, 6.07) is 1.63. The summed E-state index contributed by atoms with van der Waals surface area (Å²) in [6.07, 6.45) is 4.12. The summed E-state index contributed by atoms with van der Waals surface area (Å²) in [4.78, 5) is 27.3. The lowest BCUT2D eigenvalue weighted by Crippen LogP contribution is -2.42. The van der Waals surface area contributed by atoms with Crippen LogP contribution in [0, 0.1) is 12.3 Å². The van der Waals surface area contributed by atoms with E-state index in [0.29, 0.717) is 18.4 Å². The normalized spacial score (nSPS) is 11.1. The van der Waals surface area contributed by atoms with Crippen molar-refractivity contribution in [3.63, 3.8) is 0 Å². The van der Waals surface area contributed by atoms with Crippen LogP contribution in [0.4, 0.5) is 0 Å². The van der Waals surface area contributed by atoms with Crippen LogP contribution in [0.15, 0.2) is 18.5 Å². The second-order valence-electron chi connectivity index (χ2n) is 4.67. The van der Waals surface area contributed by atoms with Crippen LogP contribution in [0.2, 0.25) is 0 Å². The summed E-state index contributed by atoms with van der Waals surface area (Å²) in [5.74, 6) is -1.13. The lowest BCUT2D eigenvalue weighted by Gasteiger charge is -2.26. The van der Waals surface area contributed by atoms with E-state index >= 15 is 0 Å². The van der Waals surface area contributed by atoms with E-state index < -0.39 is 11.4 Å². The number of carboxylic acid groups (broad SMARTS) is 1. The fourth-order valence-electron chi connectivity index (χ4n) is 1.95. The molecule has 2 N–H and O–H groups in total. The van der Waals surface area contributed by atoms with Gasteiger partial charge in [-0.05, 0) is 31.4 Å². The Morgan fingerprint density at radius 2 is 2.00 bits per heavy atom. The highest BCUT2D eigenvalue weighted by Gasteiger charge is 2.35. The molecule has 1 amide bonds. The maximum atomic E-state index is 12.0. The molecule has 0 aliphatic heterocycles. The maximum absolute atomic E-state index is 12.0. The van der Waals surface area contributed by atoms with Crippen LogP contribution < -0.4 is 5.32 Å². The molecule has 1 rings (SSSR count). The van der Waals surface area contributed by atoms with Gasteiger partial charge in [-0.1, -0.05) is 13.8 Å². The predicted octanol–water partition coefficient (Wildman–Crippen LogP) is 2.01. The minimum atomic E-state index is -0.892. The van der Waals surface area contributed by atoms with Gasteiger partial charge in [0.05, 0.1) is 5.41 Å². The van der Waals surface area contributed by atoms with Gasteiger partial charge in [0, 0.05) is 24.5 Å². The van der Waals surface area contributed by atoms with Crippen LogP contribution in [0.3, 0.4) is 0 Å². The van der Waals surface area contributed by atoms with Crippen LogP contribution in [0.1, 0.15) is 42.6 Å². The Balaban J connectivity index is 2.79. The molecule has 0 radical (unpaired) electrons. The van der Waals surface area contributed by atoms with Crippen molar-refractivity contribution in [2.75, 3.05) is 6.54 Å². The molecule has 0 atom stereocenters. The second kappa shape index (κ2) is 6.31. The molecule has 0 unspecified atom stereocenters. The number of aliphatic carboxylic acids is 1. The predicted molar refractivity (Wildman–Crippen MR) is 72.0 cm³/mol. The molecule has 0 fully saturated rings. The average molecular weight is 264 g/mol. The third-order valence-electron chi connectivity index (χ3n) is 3.66. The van der Waals surface area contributed by atoms with Crippen LogP contribution in [-0.2, 0) is 4.79 Å². The third-order valence-corrected chi connectivity index (χ3v) is 3.66.